The molecule has 0 amide bonds. The second-order valence-electron chi connectivity index (χ2n) is 6.58. The van der Waals surface area contributed by atoms with E-state index in [1.807, 2.05) is 42.5 Å². The highest BCUT2D eigenvalue weighted by Crippen LogP contribution is 2.32. The third kappa shape index (κ3) is 2.48. The number of hydrogen-bond donors (Lipinski definition) is 1. The molecule has 0 aliphatic rings. The van der Waals surface area contributed by atoms with Gasteiger partial charge in [-0.05, 0) is 49.7 Å². The average molecular weight is 372 g/mol. The van der Waals surface area contributed by atoms with Crippen LogP contribution in [0.4, 0.5) is 0 Å². The molecule has 0 aliphatic heterocycles. The topological polar surface area (TPSA) is 85.4 Å². The lowest BCUT2D eigenvalue weighted by atomic mass is 10.0. The molecule has 0 bridgehead atoms. The molecule has 0 saturated carbocycles. The number of aromatic nitrogens is 4. The van der Waals surface area contributed by atoms with Crippen LogP contribution in [0, 0.1) is 13.8 Å². The summed E-state index contributed by atoms with van der Waals surface area (Å²) in [4.78, 5) is 23.4. The second kappa shape index (κ2) is 6.09. The van der Waals surface area contributed by atoms with E-state index in [0.717, 1.165) is 33.5 Å². The number of H-pyrrole nitrogens is 1. The third-order valence-electron chi connectivity index (χ3n) is 4.75. The normalized spacial score (nSPS) is 11.4. The van der Waals surface area contributed by atoms with E-state index in [-0.39, 0.29) is 5.56 Å². The second-order valence-corrected chi connectivity index (χ2v) is 6.58. The van der Waals surface area contributed by atoms with Crippen LogP contribution in [0.3, 0.4) is 0 Å². The summed E-state index contributed by atoms with van der Waals surface area (Å²) < 4.78 is 13.2. The van der Waals surface area contributed by atoms with Gasteiger partial charge < -0.3 is 14.1 Å². The molecule has 1 aromatic carbocycles. The lowest BCUT2D eigenvalue weighted by molar-refractivity contribution is 0.468. The Morgan fingerprint density at radius 2 is 2.00 bits per heavy atom. The Morgan fingerprint density at radius 1 is 1.11 bits per heavy atom. The van der Waals surface area contributed by atoms with Crippen molar-refractivity contribution in [2.24, 2.45) is 0 Å². The number of ether oxygens (including phenoxy) is 1. The fraction of sp³-hybridized carbons (Fsp3) is 0.0952. The van der Waals surface area contributed by atoms with Gasteiger partial charge in [0, 0.05) is 29.8 Å². The first-order valence-electron chi connectivity index (χ1n) is 8.79. The van der Waals surface area contributed by atoms with Gasteiger partial charge in [-0.1, -0.05) is 0 Å². The van der Waals surface area contributed by atoms with Crippen LogP contribution in [-0.4, -0.2) is 19.4 Å². The SMILES string of the molecule is Cc1cc(Oc2nccc3occc23)ccc1-c1c(C)[nH]c(=O)c2nccn12. The largest absolute Gasteiger partial charge is 0.464 e. The minimum Gasteiger partial charge on any atom is -0.464 e. The van der Waals surface area contributed by atoms with Gasteiger partial charge >= 0.3 is 0 Å². The molecule has 4 aromatic heterocycles. The summed E-state index contributed by atoms with van der Waals surface area (Å²) in [5.74, 6) is 1.17. The molecule has 7 heteroatoms. The number of aromatic amines is 1. The molecular weight excluding hydrogens is 356 g/mol. The average Bonchev–Trinajstić information content (AvgIpc) is 3.33. The number of pyridine rings is 1. The van der Waals surface area contributed by atoms with Crippen molar-refractivity contribution >= 4 is 16.6 Å². The standard InChI is InChI=1S/C21H16N4O3/c1-12-11-14(28-21-16-6-10-27-17(16)5-7-23-21)3-4-15(12)18-13(2)24-20(26)19-22-8-9-25(18)19/h3-11H,1-2H3,(H,24,26). The minimum absolute atomic E-state index is 0.205. The lowest BCUT2D eigenvalue weighted by Gasteiger charge is -2.13. The molecule has 4 heterocycles. The highest BCUT2D eigenvalue weighted by Gasteiger charge is 2.14. The zero-order chi connectivity index (χ0) is 19.3. The predicted molar refractivity (Wildman–Crippen MR) is 105 cm³/mol. The smallest absolute Gasteiger partial charge is 0.291 e. The number of nitrogens with one attached hydrogen (secondary N) is 1. The number of imidazole rings is 1. The van der Waals surface area contributed by atoms with Crippen LogP contribution < -0.4 is 10.3 Å². The van der Waals surface area contributed by atoms with Crippen LogP contribution in [0.2, 0.25) is 0 Å². The summed E-state index contributed by atoms with van der Waals surface area (Å²) in [7, 11) is 0. The van der Waals surface area contributed by atoms with E-state index in [9.17, 15) is 4.79 Å². The van der Waals surface area contributed by atoms with Gasteiger partial charge in [-0.2, -0.15) is 0 Å². The zero-order valence-electron chi connectivity index (χ0n) is 15.3. The predicted octanol–water partition coefficient (Wildman–Crippen LogP) is 4.24. The van der Waals surface area contributed by atoms with Crippen molar-refractivity contribution < 1.29 is 9.15 Å². The van der Waals surface area contributed by atoms with E-state index < -0.39 is 0 Å². The summed E-state index contributed by atoms with van der Waals surface area (Å²) in [6.45, 7) is 3.88. The van der Waals surface area contributed by atoms with E-state index in [1.54, 1.807) is 30.9 Å². The number of nitrogens with zero attached hydrogens (tertiary/aromatic N) is 3. The Balaban J connectivity index is 1.59. The summed E-state index contributed by atoms with van der Waals surface area (Å²) >= 11 is 0. The fourth-order valence-electron chi connectivity index (χ4n) is 3.48. The Labute approximate surface area is 159 Å². The minimum atomic E-state index is -0.205. The van der Waals surface area contributed by atoms with Gasteiger partial charge in [-0.3, -0.25) is 9.20 Å². The monoisotopic (exact) mass is 372 g/mol. The Hall–Kier alpha value is -3.87. The molecule has 28 heavy (non-hydrogen) atoms. The van der Waals surface area contributed by atoms with Crippen LogP contribution in [0.1, 0.15) is 11.3 Å². The van der Waals surface area contributed by atoms with Crippen LogP contribution in [0.5, 0.6) is 11.6 Å². The van der Waals surface area contributed by atoms with Gasteiger partial charge in [0.25, 0.3) is 5.56 Å². The Bertz CT molecular complexity index is 1390. The van der Waals surface area contributed by atoms with Gasteiger partial charge in [-0.25, -0.2) is 9.97 Å². The maximum absolute atomic E-state index is 12.1. The van der Waals surface area contributed by atoms with Crippen LogP contribution >= 0.6 is 0 Å². The number of aryl methyl sites for hydroxylation is 2. The number of hydrogen-bond acceptors (Lipinski definition) is 5. The maximum atomic E-state index is 12.1. The van der Waals surface area contributed by atoms with Crippen LogP contribution in [0.25, 0.3) is 27.9 Å². The van der Waals surface area contributed by atoms with E-state index in [2.05, 4.69) is 15.0 Å². The number of benzene rings is 1. The van der Waals surface area contributed by atoms with Gasteiger partial charge in [0.05, 0.1) is 17.3 Å². The quantitative estimate of drug-likeness (QED) is 0.512. The Morgan fingerprint density at radius 3 is 2.86 bits per heavy atom. The molecule has 1 N–H and O–H groups in total. The van der Waals surface area contributed by atoms with Gasteiger partial charge in [0.1, 0.15) is 11.3 Å². The van der Waals surface area contributed by atoms with Crippen molar-refractivity contribution in [1.29, 1.82) is 0 Å². The van der Waals surface area contributed by atoms with Gasteiger partial charge in [-0.15, -0.1) is 0 Å². The van der Waals surface area contributed by atoms with Crippen molar-refractivity contribution in [2.75, 3.05) is 0 Å². The van der Waals surface area contributed by atoms with Gasteiger partial charge in [0.15, 0.2) is 0 Å². The molecule has 0 radical (unpaired) electrons. The van der Waals surface area contributed by atoms with E-state index in [1.165, 1.54) is 0 Å². The molecular formula is C21H16N4O3. The zero-order valence-corrected chi connectivity index (χ0v) is 15.3. The van der Waals surface area contributed by atoms with E-state index in [0.29, 0.717) is 17.3 Å². The first-order chi connectivity index (χ1) is 13.6. The van der Waals surface area contributed by atoms with Gasteiger partial charge in [0.2, 0.25) is 11.5 Å². The number of rotatable bonds is 3. The highest BCUT2D eigenvalue weighted by atomic mass is 16.5. The molecule has 138 valence electrons. The molecule has 0 fully saturated rings. The van der Waals surface area contributed by atoms with Crippen molar-refractivity contribution in [3.8, 4) is 22.9 Å². The fourth-order valence-corrected chi connectivity index (χ4v) is 3.48. The molecule has 0 unspecified atom stereocenters. The van der Waals surface area contributed by atoms with E-state index >= 15 is 0 Å². The summed E-state index contributed by atoms with van der Waals surface area (Å²) in [6.07, 6.45) is 6.68. The molecule has 5 rings (SSSR count). The van der Waals surface area contributed by atoms with Crippen molar-refractivity contribution in [1.82, 2.24) is 19.4 Å². The highest BCUT2D eigenvalue weighted by molar-refractivity contribution is 5.82. The third-order valence-corrected chi connectivity index (χ3v) is 4.75. The molecule has 0 saturated heterocycles. The van der Waals surface area contributed by atoms with Crippen molar-refractivity contribution in [3.05, 3.63) is 76.8 Å². The summed E-state index contributed by atoms with van der Waals surface area (Å²) in [5.41, 5.74) is 4.55. The lowest BCUT2D eigenvalue weighted by Crippen LogP contribution is -2.14. The van der Waals surface area contributed by atoms with Crippen LogP contribution in [0.15, 0.2) is 64.4 Å². The van der Waals surface area contributed by atoms with E-state index in [4.69, 9.17) is 9.15 Å². The van der Waals surface area contributed by atoms with Crippen molar-refractivity contribution in [2.45, 2.75) is 13.8 Å². The molecule has 0 aliphatic carbocycles. The molecule has 0 spiro atoms. The van der Waals surface area contributed by atoms with Crippen molar-refractivity contribution in [3.63, 3.8) is 0 Å². The summed E-state index contributed by atoms with van der Waals surface area (Å²) in [5, 5.41) is 0.820. The Kier molecular flexibility index (Phi) is 3.55. The summed E-state index contributed by atoms with van der Waals surface area (Å²) in [6, 6.07) is 9.43. The van der Waals surface area contributed by atoms with Crippen LogP contribution in [-0.2, 0) is 0 Å². The maximum Gasteiger partial charge on any atom is 0.291 e. The first-order valence-corrected chi connectivity index (χ1v) is 8.79. The number of fused-ring (bicyclic) bond motifs is 2. The number of furan rings is 1. The first kappa shape index (κ1) is 16.3. The molecule has 7 nitrogen and oxygen atoms in total. The molecule has 5 aromatic rings. The molecule has 0 atom stereocenters.